The lowest BCUT2D eigenvalue weighted by Gasteiger charge is -2.32. The van der Waals surface area contributed by atoms with Crippen molar-refractivity contribution < 1.29 is 19.0 Å². The minimum atomic E-state index is 0.127. The quantitative estimate of drug-likeness (QED) is 0.801. The molecular formula is C18H23NO4. The first-order valence-electron chi connectivity index (χ1n) is 8.04. The van der Waals surface area contributed by atoms with Crippen LogP contribution in [0.2, 0.25) is 0 Å². The molecule has 0 saturated carbocycles. The Balaban J connectivity index is 1.88. The first-order chi connectivity index (χ1) is 11.2. The Hall–Kier alpha value is -2.01. The van der Waals surface area contributed by atoms with Crippen LogP contribution >= 0.6 is 0 Å². The number of nitrogens with zero attached hydrogens (tertiary/aromatic N) is 1. The van der Waals surface area contributed by atoms with Gasteiger partial charge in [0.2, 0.25) is 5.91 Å². The summed E-state index contributed by atoms with van der Waals surface area (Å²) >= 11 is 0. The Morgan fingerprint density at radius 3 is 2.83 bits per heavy atom. The number of ether oxygens (including phenoxy) is 3. The molecule has 124 valence electrons. The maximum absolute atomic E-state index is 12.8. The normalized spacial score (nSPS) is 17.3. The third-order valence-electron chi connectivity index (χ3n) is 4.42. The molecule has 0 aliphatic carbocycles. The van der Waals surface area contributed by atoms with Crippen LogP contribution in [0.4, 0.5) is 5.69 Å². The molecule has 0 atom stereocenters. The standard InChI is InChI=1S/C18H23NO4/c1-21-15-11-14-4-3-7-19(18(14)16(12-15)22-2)17(20)10-13-5-8-23-9-6-13/h5,11-12H,3-4,6-10H2,1-2H3. The smallest absolute Gasteiger partial charge is 0.231 e. The lowest BCUT2D eigenvalue weighted by atomic mass is 9.99. The van der Waals surface area contributed by atoms with E-state index in [4.69, 9.17) is 14.2 Å². The molecule has 1 aromatic carbocycles. The summed E-state index contributed by atoms with van der Waals surface area (Å²) in [5.74, 6) is 1.60. The average molecular weight is 317 g/mol. The van der Waals surface area contributed by atoms with E-state index in [0.29, 0.717) is 25.4 Å². The Kier molecular flexibility index (Phi) is 4.86. The second-order valence-corrected chi connectivity index (χ2v) is 5.85. The summed E-state index contributed by atoms with van der Waals surface area (Å²) in [5, 5.41) is 0. The molecule has 0 bridgehead atoms. The topological polar surface area (TPSA) is 48.0 Å². The zero-order chi connectivity index (χ0) is 16.2. The number of hydrogen-bond acceptors (Lipinski definition) is 4. The fraction of sp³-hybridized carbons (Fsp3) is 0.500. The molecule has 2 heterocycles. The fourth-order valence-electron chi connectivity index (χ4n) is 3.21. The van der Waals surface area contributed by atoms with Crippen molar-refractivity contribution in [1.29, 1.82) is 0 Å². The van der Waals surface area contributed by atoms with Crippen LogP contribution in [0.1, 0.15) is 24.8 Å². The zero-order valence-electron chi connectivity index (χ0n) is 13.8. The molecule has 0 saturated heterocycles. The van der Waals surface area contributed by atoms with Gasteiger partial charge in [-0.3, -0.25) is 4.79 Å². The molecule has 0 unspecified atom stereocenters. The monoisotopic (exact) mass is 317 g/mol. The summed E-state index contributed by atoms with van der Waals surface area (Å²) in [6.45, 7) is 2.05. The van der Waals surface area contributed by atoms with Crippen LogP contribution < -0.4 is 14.4 Å². The van der Waals surface area contributed by atoms with Gasteiger partial charge in [-0.15, -0.1) is 0 Å². The predicted octanol–water partition coefficient (Wildman–Crippen LogP) is 2.72. The Morgan fingerprint density at radius 1 is 1.26 bits per heavy atom. The van der Waals surface area contributed by atoms with Crippen LogP contribution in [0.25, 0.3) is 0 Å². The summed E-state index contributed by atoms with van der Waals surface area (Å²) in [6, 6.07) is 3.85. The lowest BCUT2D eigenvalue weighted by Crippen LogP contribution is -2.36. The van der Waals surface area contributed by atoms with Gasteiger partial charge in [0.1, 0.15) is 11.5 Å². The summed E-state index contributed by atoms with van der Waals surface area (Å²) in [4.78, 5) is 14.7. The van der Waals surface area contributed by atoms with Gasteiger partial charge in [-0.1, -0.05) is 11.6 Å². The van der Waals surface area contributed by atoms with Gasteiger partial charge in [0, 0.05) is 19.0 Å². The minimum Gasteiger partial charge on any atom is -0.497 e. The maximum atomic E-state index is 12.8. The second kappa shape index (κ2) is 7.04. The Labute approximate surface area is 136 Å². The number of amides is 1. The van der Waals surface area contributed by atoms with Crippen molar-refractivity contribution in [1.82, 2.24) is 0 Å². The number of fused-ring (bicyclic) bond motifs is 1. The van der Waals surface area contributed by atoms with Crippen molar-refractivity contribution in [3.05, 3.63) is 29.3 Å². The van der Waals surface area contributed by atoms with Crippen LogP contribution in [0.3, 0.4) is 0 Å². The van der Waals surface area contributed by atoms with Gasteiger partial charge >= 0.3 is 0 Å². The maximum Gasteiger partial charge on any atom is 0.231 e. The first-order valence-corrected chi connectivity index (χ1v) is 8.04. The summed E-state index contributed by atoms with van der Waals surface area (Å²) in [6.07, 6.45) is 5.21. The van der Waals surface area contributed by atoms with E-state index < -0.39 is 0 Å². The van der Waals surface area contributed by atoms with Gasteiger partial charge in [0.15, 0.2) is 0 Å². The third-order valence-corrected chi connectivity index (χ3v) is 4.42. The van der Waals surface area contributed by atoms with E-state index >= 15 is 0 Å². The molecule has 5 heteroatoms. The van der Waals surface area contributed by atoms with Crippen LogP contribution in [-0.2, 0) is 16.0 Å². The molecule has 23 heavy (non-hydrogen) atoms. The molecule has 5 nitrogen and oxygen atoms in total. The largest absolute Gasteiger partial charge is 0.497 e. The van der Waals surface area contributed by atoms with Crippen LogP contribution in [0.5, 0.6) is 11.5 Å². The van der Waals surface area contributed by atoms with Gasteiger partial charge < -0.3 is 19.1 Å². The minimum absolute atomic E-state index is 0.127. The van der Waals surface area contributed by atoms with E-state index in [0.717, 1.165) is 42.8 Å². The number of methoxy groups -OCH3 is 2. The average Bonchev–Trinajstić information content (AvgIpc) is 2.60. The SMILES string of the molecule is COc1cc2c(c(OC)c1)N(C(=O)CC1=CCOCC1)CCC2. The van der Waals surface area contributed by atoms with E-state index in [1.54, 1.807) is 14.2 Å². The zero-order valence-corrected chi connectivity index (χ0v) is 13.8. The number of rotatable bonds is 4. The number of aryl methyl sites for hydroxylation is 1. The molecule has 0 aromatic heterocycles. The Bertz CT molecular complexity index is 606. The number of anilines is 1. The van der Waals surface area contributed by atoms with Crippen molar-refractivity contribution >= 4 is 11.6 Å². The highest BCUT2D eigenvalue weighted by molar-refractivity contribution is 5.97. The third kappa shape index (κ3) is 3.34. The van der Waals surface area contributed by atoms with Gasteiger partial charge in [0.05, 0.1) is 33.1 Å². The first kappa shape index (κ1) is 15.9. The number of carbonyl (C=O) groups excluding carboxylic acids is 1. The number of hydrogen-bond donors (Lipinski definition) is 0. The molecule has 2 aliphatic rings. The predicted molar refractivity (Wildman–Crippen MR) is 88.4 cm³/mol. The van der Waals surface area contributed by atoms with Crippen LogP contribution in [0.15, 0.2) is 23.8 Å². The van der Waals surface area contributed by atoms with Crippen molar-refractivity contribution in [3.8, 4) is 11.5 Å². The molecule has 0 N–H and O–H groups in total. The number of benzene rings is 1. The molecular weight excluding hydrogens is 294 g/mol. The van der Waals surface area contributed by atoms with Gasteiger partial charge in [0.25, 0.3) is 0 Å². The highest BCUT2D eigenvalue weighted by atomic mass is 16.5. The van der Waals surface area contributed by atoms with Crippen molar-refractivity contribution in [2.75, 3.05) is 38.9 Å². The lowest BCUT2D eigenvalue weighted by molar-refractivity contribution is -0.118. The molecule has 0 fully saturated rings. The Morgan fingerprint density at radius 2 is 2.13 bits per heavy atom. The van der Waals surface area contributed by atoms with Gasteiger partial charge in [-0.2, -0.15) is 0 Å². The van der Waals surface area contributed by atoms with E-state index in [-0.39, 0.29) is 5.91 Å². The molecule has 1 aromatic rings. The highest BCUT2D eigenvalue weighted by Gasteiger charge is 2.27. The summed E-state index contributed by atoms with van der Waals surface area (Å²) in [5.41, 5.74) is 3.18. The highest BCUT2D eigenvalue weighted by Crippen LogP contribution is 2.40. The molecule has 2 aliphatic heterocycles. The van der Waals surface area contributed by atoms with E-state index in [1.807, 2.05) is 23.1 Å². The molecule has 3 rings (SSSR count). The fourth-order valence-corrected chi connectivity index (χ4v) is 3.21. The van der Waals surface area contributed by atoms with E-state index in [9.17, 15) is 4.79 Å². The van der Waals surface area contributed by atoms with Gasteiger partial charge in [-0.05, 0) is 30.9 Å². The molecule has 0 radical (unpaired) electrons. The van der Waals surface area contributed by atoms with Crippen molar-refractivity contribution in [2.45, 2.75) is 25.7 Å². The van der Waals surface area contributed by atoms with E-state index in [2.05, 4.69) is 0 Å². The number of carbonyl (C=O) groups is 1. The molecule has 0 spiro atoms. The van der Waals surface area contributed by atoms with Crippen LogP contribution in [0, 0.1) is 0 Å². The summed E-state index contributed by atoms with van der Waals surface area (Å²) < 4.78 is 16.2. The van der Waals surface area contributed by atoms with Gasteiger partial charge in [-0.25, -0.2) is 0 Å². The van der Waals surface area contributed by atoms with Crippen molar-refractivity contribution in [2.24, 2.45) is 0 Å². The van der Waals surface area contributed by atoms with E-state index in [1.165, 1.54) is 5.57 Å². The van der Waals surface area contributed by atoms with Crippen molar-refractivity contribution in [3.63, 3.8) is 0 Å². The van der Waals surface area contributed by atoms with Crippen LogP contribution in [-0.4, -0.2) is 39.9 Å². The molecule has 1 amide bonds. The summed E-state index contributed by atoms with van der Waals surface area (Å²) in [7, 11) is 3.28. The second-order valence-electron chi connectivity index (χ2n) is 5.85.